The molecule has 2 rings (SSSR count). The summed E-state index contributed by atoms with van der Waals surface area (Å²) in [5.41, 5.74) is 1.48. The van der Waals surface area contributed by atoms with Crippen LogP contribution in [0.2, 0.25) is 0 Å². The fourth-order valence-corrected chi connectivity index (χ4v) is 1.62. The Morgan fingerprint density at radius 1 is 1.37 bits per heavy atom. The van der Waals surface area contributed by atoms with Gasteiger partial charge in [0.05, 0.1) is 12.7 Å². The van der Waals surface area contributed by atoms with Crippen LogP contribution in [-0.4, -0.2) is 18.1 Å². The topological polar surface area (TPSA) is 51.2 Å². The summed E-state index contributed by atoms with van der Waals surface area (Å²) in [6.45, 7) is 1.67. The third-order valence-corrected chi connectivity index (χ3v) is 2.71. The zero-order valence-electron chi connectivity index (χ0n) is 10.6. The molecule has 0 radical (unpaired) electrons. The van der Waals surface area contributed by atoms with Crippen molar-refractivity contribution in [2.24, 2.45) is 0 Å². The smallest absolute Gasteiger partial charge is 0.338 e. The van der Waals surface area contributed by atoms with Crippen LogP contribution in [0.4, 0.5) is 15.9 Å². The molecule has 5 heteroatoms. The number of halogens is 1. The number of carbonyl (C=O) groups is 1. The maximum atomic E-state index is 13.4. The van der Waals surface area contributed by atoms with Gasteiger partial charge in [0, 0.05) is 17.4 Å². The number of pyridine rings is 1. The van der Waals surface area contributed by atoms with Crippen LogP contribution >= 0.6 is 0 Å². The van der Waals surface area contributed by atoms with Crippen LogP contribution in [0.3, 0.4) is 0 Å². The maximum Gasteiger partial charge on any atom is 0.338 e. The molecule has 0 aliphatic rings. The predicted molar refractivity (Wildman–Crippen MR) is 70.0 cm³/mol. The monoisotopic (exact) mass is 260 g/mol. The highest BCUT2D eigenvalue weighted by atomic mass is 19.1. The van der Waals surface area contributed by atoms with E-state index in [0.29, 0.717) is 22.6 Å². The van der Waals surface area contributed by atoms with E-state index in [1.165, 1.54) is 19.4 Å². The predicted octanol–water partition coefficient (Wildman–Crippen LogP) is 3.06. The molecule has 1 heterocycles. The third kappa shape index (κ3) is 2.88. The minimum absolute atomic E-state index is 0.297. The molecule has 4 nitrogen and oxygen atoms in total. The molecule has 98 valence electrons. The van der Waals surface area contributed by atoms with Gasteiger partial charge in [-0.15, -0.1) is 0 Å². The minimum Gasteiger partial charge on any atom is -0.465 e. The molecular weight excluding hydrogens is 247 g/mol. The van der Waals surface area contributed by atoms with Crippen LogP contribution in [0.1, 0.15) is 15.9 Å². The minimum atomic E-state index is -0.443. The molecule has 1 N–H and O–H groups in total. The summed E-state index contributed by atoms with van der Waals surface area (Å²) in [4.78, 5) is 15.5. The first kappa shape index (κ1) is 13.0. The van der Waals surface area contributed by atoms with Crippen LogP contribution < -0.4 is 5.32 Å². The molecule has 0 fully saturated rings. The summed E-state index contributed by atoms with van der Waals surface area (Å²) >= 11 is 0. The number of rotatable bonds is 3. The second-order valence-electron chi connectivity index (χ2n) is 3.96. The zero-order chi connectivity index (χ0) is 13.8. The number of esters is 1. The number of methoxy groups -OCH3 is 1. The van der Waals surface area contributed by atoms with E-state index in [0.717, 1.165) is 0 Å². The standard InChI is InChI=1S/C14H13FN2O2/c1-9-11(15)4-3-5-12(9)17-13-8-10(6-7-16-13)14(18)19-2/h3-8H,1-2H3,(H,16,17). The number of hydrogen-bond donors (Lipinski definition) is 1. The van der Waals surface area contributed by atoms with Gasteiger partial charge in [-0.1, -0.05) is 6.07 Å². The zero-order valence-corrected chi connectivity index (χ0v) is 10.6. The number of anilines is 2. The normalized spacial score (nSPS) is 10.1. The molecule has 1 aromatic carbocycles. The van der Waals surface area contributed by atoms with Crippen LogP contribution in [0.15, 0.2) is 36.5 Å². The molecule has 0 atom stereocenters. The van der Waals surface area contributed by atoms with Crippen molar-refractivity contribution in [3.63, 3.8) is 0 Å². The van der Waals surface area contributed by atoms with Crippen LogP contribution in [0.25, 0.3) is 0 Å². The lowest BCUT2D eigenvalue weighted by Crippen LogP contribution is -2.03. The number of nitrogens with one attached hydrogen (secondary N) is 1. The second-order valence-corrected chi connectivity index (χ2v) is 3.96. The SMILES string of the molecule is COC(=O)c1ccnc(Nc2cccc(F)c2C)c1. The van der Waals surface area contributed by atoms with Crippen molar-refractivity contribution in [2.75, 3.05) is 12.4 Å². The van der Waals surface area contributed by atoms with E-state index in [2.05, 4.69) is 15.0 Å². The highest BCUT2D eigenvalue weighted by Gasteiger charge is 2.08. The molecular formula is C14H13FN2O2. The molecule has 0 unspecified atom stereocenters. The first-order valence-electron chi connectivity index (χ1n) is 5.68. The van der Waals surface area contributed by atoms with Crippen molar-refractivity contribution < 1.29 is 13.9 Å². The lowest BCUT2D eigenvalue weighted by molar-refractivity contribution is 0.0600. The Bertz CT molecular complexity index is 614. The number of ether oxygens (including phenoxy) is 1. The number of hydrogen-bond acceptors (Lipinski definition) is 4. The molecule has 2 aromatic rings. The van der Waals surface area contributed by atoms with Gasteiger partial charge in [-0.05, 0) is 31.2 Å². The van der Waals surface area contributed by atoms with Gasteiger partial charge in [0.2, 0.25) is 0 Å². The van der Waals surface area contributed by atoms with Gasteiger partial charge >= 0.3 is 5.97 Å². The summed E-state index contributed by atoms with van der Waals surface area (Å²) in [5.74, 6) is -0.285. The molecule has 0 spiro atoms. The van der Waals surface area contributed by atoms with E-state index in [4.69, 9.17) is 0 Å². The Kier molecular flexibility index (Phi) is 3.75. The Morgan fingerprint density at radius 2 is 2.16 bits per heavy atom. The van der Waals surface area contributed by atoms with E-state index >= 15 is 0 Å². The van der Waals surface area contributed by atoms with Crippen molar-refractivity contribution in [2.45, 2.75) is 6.92 Å². The first-order valence-corrected chi connectivity index (χ1v) is 5.68. The molecule has 0 amide bonds. The summed E-state index contributed by atoms with van der Waals surface area (Å²) in [6.07, 6.45) is 1.49. The van der Waals surface area contributed by atoms with Gasteiger partial charge in [-0.2, -0.15) is 0 Å². The first-order chi connectivity index (χ1) is 9.11. The van der Waals surface area contributed by atoms with Gasteiger partial charge in [0.1, 0.15) is 11.6 Å². The molecule has 0 aliphatic heterocycles. The number of aromatic nitrogens is 1. The van der Waals surface area contributed by atoms with E-state index in [9.17, 15) is 9.18 Å². The lowest BCUT2D eigenvalue weighted by atomic mass is 10.2. The average Bonchev–Trinajstić information content (AvgIpc) is 2.43. The fourth-order valence-electron chi connectivity index (χ4n) is 1.62. The van der Waals surface area contributed by atoms with E-state index in [1.807, 2.05) is 0 Å². The Hall–Kier alpha value is -2.43. The van der Waals surface area contributed by atoms with E-state index in [1.54, 1.807) is 31.2 Å². The maximum absolute atomic E-state index is 13.4. The molecule has 1 aromatic heterocycles. The quantitative estimate of drug-likeness (QED) is 0.862. The van der Waals surface area contributed by atoms with Crippen molar-refractivity contribution in [1.29, 1.82) is 0 Å². The molecule has 19 heavy (non-hydrogen) atoms. The molecule has 0 aliphatic carbocycles. The second kappa shape index (κ2) is 5.48. The van der Waals surface area contributed by atoms with E-state index < -0.39 is 5.97 Å². The van der Waals surface area contributed by atoms with Crippen LogP contribution in [-0.2, 0) is 4.74 Å². The van der Waals surface area contributed by atoms with Gasteiger partial charge < -0.3 is 10.1 Å². The average molecular weight is 260 g/mol. The van der Waals surface area contributed by atoms with Gasteiger partial charge in [-0.25, -0.2) is 14.2 Å². The van der Waals surface area contributed by atoms with Crippen molar-refractivity contribution in [3.05, 3.63) is 53.5 Å². The lowest BCUT2D eigenvalue weighted by Gasteiger charge is -2.09. The highest BCUT2D eigenvalue weighted by molar-refractivity contribution is 5.90. The van der Waals surface area contributed by atoms with Gasteiger partial charge in [-0.3, -0.25) is 0 Å². The molecule has 0 saturated heterocycles. The van der Waals surface area contributed by atoms with Crippen LogP contribution in [0.5, 0.6) is 0 Å². The number of nitrogens with zero attached hydrogens (tertiary/aromatic N) is 1. The Balaban J connectivity index is 2.28. The summed E-state index contributed by atoms with van der Waals surface area (Å²) in [7, 11) is 1.31. The van der Waals surface area contributed by atoms with E-state index in [-0.39, 0.29) is 5.82 Å². The summed E-state index contributed by atoms with van der Waals surface area (Å²) in [5, 5.41) is 2.97. The van der Waals surface area contributed by atoms with Crippen molar-refractivity contribution in [3.8, 4) is 0 Å². The Labute approximate surface area is 110 Å². The van der Waals surface area contributed by atoms with Crippen molar-refractivity contribution in [1.82, 2.24) is 4.98 Å². The van der Waals surface area contributed by atoms with Gasteiger partial charge in [0.25, 0.3) is 0 Å². The highest BCUT2D eigenvalue weighted by Crippen LogP contribution is 2.21. The van der Waals surface area contributed by atoms with Crippen molar-refractivity contribution >= 4 is 17.5 Å². The molecule has 0 saturated carbocycles. The fraction of sp³-hybridized carbons (Fsp3) is 0.143. The Morgan fingerprint density at radius 3 is 2.89 bits per heavy atom. The number of carbonyl (C=O) groups excluding carboxylic acids is 1. The summed E-state index contributed by atoms with van der Waals surface area (Å²) in [6, 6.07) is 7.84. The largest absolute Gasteiger partial charge is 0.465 e. The summed E-state index contributed by atoms with van der Waals surface area (Å²) < 4.78 is 18.0. The van der Waals surface area contributed by atoms with Crippen LogP contribution in [0, 0.1) is 12.7 Å². The number of benzene rings is 1. The molecule has 0 bridgehead atoms. The third-order valence-electron chi connectivity index (χ3n) is 2.71. The van der Waals surface area contributed by atoms with Gasteiger partial charge in [0.15, 0.2) is 0 Å².